The summed E-state index contributed by atoms with van der Waals surface area (Å²) in [4.78, 5) is 8.32. The normalized spacial score (nSPS) is 13.9. The number of nitrogens with one attached hydrogen (secondary N) is 2. The van der Waals surface area contributed by atoms with Crippen LogP contribution in [0.25, 0.3) is 0 Å². The smallest absolute Gasteiger partial charge is 0.200 e. The Morgan fingerprint density at radius 1 is 1.37 bits per heavy atom. The highest BCUT2D eigenvalue weighted by Gasteiger charge is 2.14. The van der Waals surface area contributed by atoms with Crippen molar-refractivity contribution in [1.29, 1.82) is 0 Å². The van der Waals surface area contributed by atoms with E-state index in [-0.39, 0.29) is 5.82 Å². The van der Waals surface area contributed by atoms with Crippen molar-refractivity contribution >= 4 is 5.82 Å². The first-order valence-electron chi connectivity index (χ1n) is 6.28. The average Bonchev–Trinajstić information content (AvgIpc) is 2.45. The Morgan fingerprint density at radius 2 is 2.32 bits per heavy atom. The predicted octanol–water partition coefficient (Wildman–Crippen LogP) is 1.67. The summed E-state index contributed by atoms with van der Waals surface area (Å²) in [5, 5.41) is 6.52. The minimum atomic E-state index is -0.225. The van der Waals surface area contributed by atoms with Gasteiger partial charge in [0.2, 0.25) is 0 Å². The second-order valence-corrected chi connectivity index (χ2v) is 4.51. The minimum absolute atomic E-state index is 0.225. The molecule has 0 saturated carbocycles. The molecule has 1 aromatic heterocycles. The first kappa shape index (κ1) is 12.0. The summed E-state index contributed by atoms with van der Waals surface area (Å²) < 4.78 is 13.1. The van der Waals surface area contributed by atoms with Crippen molar-refractivity contribution in [3.8, 4) is 0 Å². The zero-order valence-electron chi connectivity index (χ0n) is 10.4. The van der Waals surface area contributed by atoms with Crippen molar-refractivity contribution in [2.75, 3.05) is 11.9 Å². The Bertz CT molecular complexity index is 585. The zero-order chi connectivity index (χ0) is 13.1. The highest BCUT2D eigenvalue weighted by molar-refractivity contribution is 5.47. The molecular weight excluding hydrogens is 243 g/mol. The molecule has 0 fully saturated rings. The van der Waals surface area contributed by atoms with Gasteiger partial charge in [-0.1, -0.05) is 12.1 Å². The summed E-state index contributed by atoms with van der Waals surface area (Å²) in [6.45, 7) is 2.23. The van der Waals surface area contributed by atoms with Crippen molar-refractivity contribution in [3.63, 3.8) is 0 Å². The Balaban J connectivity index is 1.77. The molecule has 0 aliphatic carbocycles. The lowest BCUT2D eigenvalue weighted by Crippen LogP contribution is -2.26. The maximum atomic E-state index is 13.1. The molecule has 2 heterocycles. The van der Waals surface area contributed by atoms with Crippen molar-refractivity contribution in [2.45, 2.75) is 19.5 Å². The SMILES string of the molecule is Fc1cccc(CNc2n[c]nc3c2CNCC3)c1. The van der Waals surface area contributed by atoms with Gasteiger partial charge in [0, 0.05) is 31.6 Å². The van der Waals surface area contributed by atoms with Crippen molar-refractivity contribution in [2.24, 2.45) is 0 Å². The van der Waals surface area contributed by atoms with Crippen LogP contribution in [0.15, 0.2) is 24.3 Å². The molecule has 1 aliphatic heterocycles. The Labute approximate surface area is 111 Å². The molecule has 1 radical (unpaired) electrons. The molecule has 97 valence electrons. The minimum Gasteiger partial charge on any atom is -0.366 e. The summed E-state index contributed by atoms with van der Waals surface area (Å²) >= 11 is 0. The van der Waals surface area contributed by atoms with E-state index in [0.29, 0.717) is 6.54 Å². The molecule has 0 spiro atoms. The molecule has 0 bridgehead atoms. The van der Waals surface area contributed by atoms with Gasteiger partial charge in [-0.05, 0) is 17.7 Å². The second-order valence-electron chi connectivity index (χ2n) is 4.51. The molecule has 0 saturated heterocycles. The number of rotatable bonds is 3. The van der Waals surface area contributed by atoms with Gasteiger partial charge in [0.1, 0.15) is 11.6 Å². The maximum Gasteiger partial charge on any atom is 0.200 e. The topological polar surface area (TPSA) is 49.8 Å². The molecular formula is C14H14FN4. The van der Waals surface area contributed by atoms with E-state index in [1.54, 1.807) is 6.07 Å². The molecule has 0 amide bonds. The van der Waals surface area contributed by atoms with Gasteiger partial charge in [-0.25, -0.2) is 14.4 Å². The van der Waals surface area contributed by atoms with Crippen LogP contribution in [0.3, 0.4) is 0 Å². The summed E-state index contributed by atoms with van der Waals surface area (Å²) in [7, 11) is 0. The van der Waals surface area contributed by atoms with E-state index >= 15 is 0 Å². The van der Waals surface area contributed by atoms with E-state index in [1.807, 2.05) is 6.07 Å². The molecule has 0 unspecified atom stereocenters. The molecule has 1 aromatic carbocycles. The van der Waals surface area contributed by atoms with E-state index in [2.05, 4.69) is 26.9 Å². The number of hydrogen-bond acceptors (Lipinski definition) is 4. The van der Waals surface area contributed by atoms with Crippen LogP contribution in [0.2, 0.25) is 0 Å². The first-order valence-corrected chi connectivity index (χ1v) is 6.28. The fraction of sp³-hybridized carbons (Fsp3) is 0.286. The largest absolute Gasteiger partial charge is 0.366 e. The zero-order valence-corrected chi connectivity index (χ0v) is 10.4. The highest BCUT2D eigenvalue weighted by Crippen LogP contribution is 2.19. The van der Waals surface area contributed by atoms with Crippen LogP contribution in [0.4, 0.5) is 10.2 Å². The number of halogens is 1. The molecule has 0 atom stereocenters. The monoisotopic (exact) mass is 257 g/mol. The Morgan fingerprint density at radius 3 is 3.21 bits per heavy atom. The van der Waals surface area contributed by atoms with E-state index in [4.69, 9.17) is 0 Å². The predicted molar refractivity (Wildman–Crippen MR) is 70.0 cm³/mol. The third-order valence-corrected chi connectivity index (χ3v) is 3.17. The third-order valence-electron chi connectivity index (χ3n) is 3.17. The lowest BCUT2D eigenvalue weighted by atomic mass is 10.1. The number of fused-ring (bicyclic) bond motifs is 1. The molecule has 3 rings (SSSR count). The van der Waals surface area contributed by atoms with Crippen LogP contribution >= 0.6 is 0 Å². The fourth-order valence-electron chi connectivity index (χ4n) is 2.20. The number of anilines is 1. The standard InChI is InChI=1S/C14H14FN4/c15-11-3-1-2-10(6-11)7-17-14-12-8-16-5-4-13(12)18-9-19-14/h1-3,6,16H,4-5,7-8H2,(H,17,18,19). The highest BCUT2D eigenvalue weighted by atomic mass is 19.1. The van der Waals surface area contributed by atoms with Gasteiger partial charge >= 0.3 is 0 Å². The molecule has 2 N–H and O–H groups in total. The Hall–Kier alpha value is -2.01. The quantitative estimate of drug-likeness (QED) is 0.878. The van der Waals surface area contributed by atoms with Crippen LogP contribution < -0.4 is 10.6 Å². The summed E-state index contributed by atoms with van der Waals surface area (Å²) in [6.07, 6.45) is 3.56. The van der Waals surface area contributed by atoms with Gasteiger partial charge in [-0.15, -0.1) is 0 Å². The van der Waals surface area contributed by atoms with Gasteiger partial charge in [-0.2, -0.15) is 0 Å². The van der Waals surface area contributed by atoms with Gasteiger partial charge < -0.3 is 10.6 Å². The molecule has 5 heteroatoms. The van der Waals surface area contributed by atoms with Crippen LogP contribution in [-0.4, -0.2) is 16.5 Å². The molecule has 1 aliphatic rings. The lowest BCUT2D eigenvalue weighted by Gasteiger charge is -2.18. The number of benzene rings is 1. The van der Waals surface area contributed by atoms with Crippen molar-refractivity contribution in [1.82, 2.24) is 15.3 Å². The van der Waals surface area contributed by atoms with E-state index < -0.39 is 0 Å². The second kappa shape index (κ2) is 5.32. The van der Waals surface area contributed by atoms with Crippen LogP contribution in [0.5, 0.6) is 0 Å². The number of aromatic nitrogens is 2. The van der Waals surface area contributed by atoms with Crippen LogP contribution in [0.1, 0.15) is 16.8 Å². The third kappa shape index (κ3) is 2.71. The summed E-state index contributed by atoms with van der Waals surface area (Å²) in [6, 6.07) is 6.54. The average molecular weight is 257 g/mol. The number of nitrogens with zero attached hydrogens (tertiary/aromatic N) is 2. The lowest BCUT2D eigenvalue weighted by molar-refractivity contribution is 0.624. The van der Waals surface area contributed by atoms with Gasteiger partial charge in [0.05, 0.1) is 5.69 Å². The first-order chi connectivity index (χ1) is 9.33. The fourth-order valence-corrected chi connectivity index (χ4v) is 2.20. The molecule has 4 nitrogen and oxygen atoms in total. The van der Waals surface area contributed by atoms with E-state index in [1.165, 1.54) is 12.1 Å². The maximum absolute atomic E-state index is 13.1. The molecule has 19 heavy (non-hydrogen) atoms. The van der Waals surface area contributed by atoms with Crippen LogP contribution in [0, 0.1) is 12.1 Å². The van der Waals surface area contributed by atoms with Gasteiger partial charge in [0.15, 0.2) is 6.33 Å². The van der Waals surface area contributed by atoms with E-state index in [0.717, 1.165) is 42.1 Å². The summed E-state index contributed by atoms with van der Waals surface area (Å²) in [5.41, 5.74) is 3.01. The summed E-state index contributed by atoms with van der Waals surface area (Å²) in [5.74, 6) is 0.554. The van der Waals surface area contributed by atoms with Crippen molar-refractivity contribution < 1.29 is 4.39 Å². The van der Waals surface area contributed by atoms with Gasteiger partial charge in [-0.3, -0.25) is 0 Å². The Kier molecular flexibility index (Phi) is 3.37. The van der Waals surface area contributed by atoms with Gasteiger partial charge in [0.25, 0.3) is 0 Å². The molecule has 2 aromatic rings. The van der Waals surface area contributed by atoms with Crippen molar-refractivity contribution in [3.05, 3.63) is 53.2 Å². The van der Waals surface area contributed by atoms with Crippen LogP contribution in [-0.2, 0) is 19.5 Å². The number of hydrogen-bond donors (Lipinski definition) is 2. The van der Waals surface area contributed by atoms with E-state index in [9.17, 15) is 4.39 Å².